The first-order valence-corrected chi connectivity index (χ1v) is 12.9. The fourth-order valence-corrected chi connectivity index (χ4v) is 5.36. The van der Waals surface area contributed by atoms with Crippen LogP contribution in [0.25, 0.3) is 27.4 Å². The molecular weight excluding hydrogens is 450 g/mol. The number of aromatic amines is 1. The fourth-order valence-electron chi connectivity index (χ4n) is 5.36. The van der Waals surface area contributed by atoms with Crippen molar-refractivity contribution in [2.75, 3.05) is 7.05 Å². The quantitative estimate of drug-likeness (QED) is 0.266. The van der Waals surface area contributed by atoms with Gasteiger partial charge >= 0.3 is 0 Å². The molecule has 3 N–H and O–H groups in total. The summed E-state index contributed by atoms with van der Waals surface area (Å²) in [7, 11) is 1.99. The molecule has 2 aliphatic rings. The van der Waals surface area contributed by atoms with Gasteiger partial charge in [-0.2, -0.15) is 0 Å². The molecule has 0 bridgehead atoms. The minimum absolute atomic E-state index is 0.249. The maximum Gasteiger partial charge on any atom is 0.0506 e. The molecule has 2 aliphatic carbocycles. The Kier molecular flexibility index (Phi) is 6.45. The number of hydrogen-bond donors (Lipinski definition) is 3. The summed E-state index contributed by atoms with van der Waals surface area (Å²) in [5, 5.41) is 9.46. The maximum absolute atomic E-state index is 3.56. The lowest BCUT2D eigenvalue weighted by Crippen LogP contribution is -2.25. The molecule has 0 amide bonds. The first kappa shape index (κ1) is 23.1. The van der Waals surface area contributed by atoms with Crippen molar-refractivity contribution in [3.63, 3.8) is 0 Å². The van der Waals surface area contributed by atoms with Crippen LogP contribution < -0.4 is 10.6 Å². The molecule has 3 heteroatoms. The van der Waals surface area contributed by atoms with Gasteiger partial charge < -0.3 is 15.6 Å². The standard InChI is InChI=1S/C34H31N3/c1-35-31-15-7-5-12-25(31)13-9-21-36-32-19-17-26(22-29(32)24-10-3-2-4-11-24)27-18-20-34-30(23-27)28-14-6-8-16-33(28)37-34/h2-21,23,26,31,35-37H,22H2,1H3/b21-9+,25-13-. The van der Waals surface area contributed by atoms with E-state index in [9.17, 15) is 0 Å². The number of para-hydroxylation sites is 1. The smallest absolute Gasteiger partial charge is 0.0506 e. The van der Waals surface area contributed by atoms with Gasteiger partial charge in [-0.1, -0.05) is 91.1 Å². The highest BCUT2D eigenvalue weighted by Gasteiger charge is 2.20. The number of fused-ring (bicyclic) bond motifs is 3. The molecule has 0 saturated heterocycles. The van der Waals surface area contributed by atoms with Crippen molar-refractivity contribution >= 4 is 27.4 Å². The van der Waals surface area contributed by atoms with E-state index in [1.807, 2.05) is 13.2 Å². The Morgan fingerprint density at radius 3 is 2.57 bits per heavy atom. The average molecular weight is 482 g/mol. The molecule has 4 aromatic rings. The van der Waals surface area contributed by atoms with Crippen LogP contribution in [0.1, 0.15) is 23.5 Å². The van der Waals surface area contributed by atoms with Crippen molar-refractivity contribution < 1.29 is 0 Å². The summed E-state index contributed by atoms with van der Waals surface area (Å²) >= 11 is 0. The predicted octanol–water partition coefficient (Wildman–Crippen LogP) is 7.52. The SMILES string of the molecule is CNC1C=CC=C/C1=C/C=C/NC1=C(c2ccccc2)CC(c2ccc3[nH]c4ccccc4c3c2)C=C1. The van der Waals surface area contributed by atoms with Crippen molar-refractivity contribution in [1.82, 2.24) is 15.6 Å². The molecule has 1 aromatic heterocycles. The second-order valence-electron chi connectivity index (χ2n) is 9.58. The second kappa shape index (κ2) is 10.3. The van der Waals surface area contributed by atoms with Crippen LogP contribution >= 0.6 is 0 Å². The van der Waals surface area contributed by atoms with Gasteiger partial charge in [0.25, 0.3) is 0 Å². The number of hydrogen-bond acceptors (Lipinski definition) is 2. The van der Waals surface area contributed by atoms with Gasteiger partial charge in [0.1, 0.15) is 0 Å². The molecule has 2 atom stereocenters. The van der Waals surface area contributed by atoms with E-state index in [2.05, 4.69) is 137 Å². The molecule has 37 heavy (non-hydrogen) atoms. The van der Waals surface area contributed by atoms with Crippen LogP contribution in [-0.4, -0.2) is 18.1 Å². The van der Waals surface area contributed by atoms with Crippen LogP contribution in [0.15, 0.2) is 139 Å². The molecule has 2 unspecified atom stereocenters. The average Bonchev–Trinajstić information content (AvgIpc) is 3.34. The molecule has 1 heterocycles. The lowest BCUT2D eigenvalue weighted by Gasteiger charge is -2.23. The summed E-state index contributed by atoms with van der Waals surface area (Å²) in [5.41, 5.74) is 8.70. The minimum Gasteiger partial charge on any atom is -0.361 e. The zero-order valence-corrected chi connectivity index (χ0v) is 21.0. The van der Waals surface area contributed by atoms with Crippen molar-refractivity contribution in [1.29, 1.82) is 0 Å². The minimum atomic E-state index is 0.249. The maximum atomic E-state index is 3.56. The summed E-state index contributed by atoms with van der Waals surface area (Å²) in [4.78, 5) is 3.55. The third-order valence-electron chi connectivity index (χ3n) is 7.32. The molecule has 6 rings (SSSR count). The van der Waals surface area contributed by atoms with Gasteiger partial charge in [0.05, 0.1) is 6.04 Å². The van der Waals surface area contributed by atoms with Crippen molar-refractivity contribution in [3.05, 3.63) is 150 Å². The van der Waals surface area contributed by atoms with Crippen molar-refractivity contribution in [2.45, 2.75) is 18.4 Å². The second-order valence-corrected chi connectivity index (χ2v) is 9.58. The van der Waals surface area contributed by atoms with Crippen LogP contribution in [0.5, 0.6) is 0 Å². The lowest BCUT2D eigenvalue weighted by atomic mass is 9.84. The molecule has 0 spiro atoms. The number of H-pyrrole nitrogens is 1. The largest absolute Gasteiger partial charge is 0.361 e. The number of aromatic nitrogens is 1. The summed E-state index contributed by atoms with van der Waals surface area (Å²) in [5.74, 6) is 0.320. The van der Waals surface area contributed by atoms with Crippen LogP contribution in [0.4, 0.5) is 0 Å². The Morgan fingerprint density at radius 2 is 1.68 bits per heavy atom. The molecule has 0 saturated carbocycles. The zero-order valence-electron chi connectivity index (χ0n) is 21.0. The zero-order chi connectivity index (χ0) is 25.0. The Morgan fingerprint density at radius 1 is 0.838 bits per heavy atom. The number of nitrogens with one attached hydrogen (secondary N) is 3. The monoisotopic (exact) mass is 481 g/mol. The normalized spacial score (nSPS) is 20.6. The van der Waals surface area contributed by atoms with Crippen LogP contribution in [0, 0.1) is 0 Å². The van der Waals surface area contributed by atoms with Gasteiger partial charge in [-0.25, -0.2) is 0 Å². The number of likely N-dealkylation sites (N-methyl/N-ethyl adjacent to an activating group) is 1. The van der Waals surface area contributed by atoms with E-state index in [0.717, 1.165) is 12.1 Å². The van der Waals surface area contributed by atoms with Gasteiger partial charge in [0.15, 0.2) is 0 Å². The van der Waals surface area contributed by atoms with E-state index < -0.39 is 0 Å². The highest BCUT2D eigenvalue weighted by molar-refractivity contribution is 6.07. The summed E-state index contributed by atoms with van der Waals surface area (Å²) in [6.45, 7) is 0. The van der Waals surface area contributed by atoms with Gasteiger partial charge in [-0.05, 0) is 66.1 Å². The van der Waals surface area contributed by atoms with Crippen LogP contribution in [0.3, 0.4) is 0 Å². The third-order valence-corrected chi connectivity index (χ3v) is 7.32. The van der Waals surface area contributed by atoms with Gasteiger partial charge in [-0.3, -0.25) is 0 Å². The molecule has 182 valence electrons. The predicted molar refractivity (Wildman–Crippen MR) is 157 cm³/mol. The van der Waals surface area contributed by atoms with E-state index in [-0.39, 0.29) is 6.04 Å². The Balaban J connectivity index is 1.28. The summed E-state index contributed by atoms with van der Waals surface area (Å²) < 4.78 is 0. The Hall–Kier alpha value is -4.34. The highest BCUT2D eigenvalue weighted by atomic mass is 14.9. The van der Waals surface area contributed by atoms with Crippen molar-refractivity contribution in [2.24, 2.45) is 0 Å². The van der Waals surface area contributed by atoms with E-state index in [1.165, 1.54) is 44.1 Å². The van der Waals surface area contributed by atoms with E-state index in [1.54, 1.807) is 0 Å². The first-order chi connectivity index (χ1) is 18.3. The van der Waals surface area contributed by atoms with Gasteiger partial charge in [-0.15, -0.1) is 0 Å². The molecule has 3 nitrogen and oxygen atoms in total. The molecule has 0 fully saturated rings. The molecule has 0 radical (unpaired) electrons. The van der Waals surface area contributed by atoms with Gasteiger partial charge in [0.2, 0.25) is 0 Å². The van der Waals surface area contributed by atoms with Crippen molar-refractivity contribution in [3.8, 4) is 0 Å². The molecule has 0 aliphatic heterocycles. The van der Waals surface area contributed by atoms with E-state index in [0.29, 0.717) is 5.92 Å². The van der Waals surface area contributed by atoms with E-state index in [4.69, 9.17) is 0 Å². The Bertz CT molecular complexity index is 1610. The fraction of sp³-hybridized carbons (Fsp3) is 0.118. The number of rotatable bonds is 6. The molecular formula is C34H31N3. The van der Waals surface area contributed by atoms with Gasteiger partial charge in [0, 0.05) is 39.6 Å². The highest BCUT2D eigenvalue weighted by Crippen LogP contribution is 2.38. The Labute approximate surface area is 218 Å². The number of allylic oxidation sites excluding steroid dienone is 7. The molecule has 3 aromatic carbocycles. The lowest BCUT2D eigenvalue weighted by molar-refractivity contribution is 0.762. The summed E-state index contributed by atoms with van der Waals surface area (Å²) in [6.07, 6.45) is 20.3. The topological polar surface area (TPSA) is 39.8 Å². The van der Waals surface area contributed by atoms with E-state index >= 15 is 0 Å². The van der Waals surface area contributed by atoms with Crippen LogP contribution in [0.2, 0.25) is 0 Å². The van der Waals surface area contributed by atoms with Crippen LogP contribution in [-0.2, 0) is 0 Å². The third kappa shape index (κ3) is 4.74. The summed E-state index contributed by atoms with van der Waals surface area (Å²) in [6, 6.07) is 26.4. The first-order valence-electron chi connectivity index (χ1n) is 12.9. The number of benzene rings is 3.